The second-order valence-corrected chi connectivity index (χ2v) is 25.0. The average molecular weight is 1370 g/mol. The number of benzene rings is 7. The van der Waals surface area contributed by atoms with Crippen LogP contribution in [0, 0.1) is 35.5 Å². The minimum absolute atomic E-state index is 0.0276. The predicted molar refractivity (Wildman–Crippen MR) is 389 cm³/mol. The summed E-state index contributed by atoms with van der Waals surface area (Å²) in [6.07, 6.45) is -0.651. The number of nitrogens with one attached hydrogen (secondary N) is 6. The Morgan fingerprint density at radius 2 is 0.634 bits per heavy atom. The highest BCUT2D eigenvalue weighted by atomic mass is 16.4. The molecule has 0 saturated heterocycles. The van der Waals surface area contributed by atoms with E-state index in [1.807, 2.05) is 57.0 Å². The van der Waals surface area contributed by atoms with Crippen molar-refractivity contribution in [2.45, 2.75) is 89.9 Å². The first-order valence-electron chi connectivity index (χ1n) is 32.4. The number of nitrogens with two attached hydrogens (primary N) is 3. The predicted octanol–water partition coefficient (Wildman–Crippen LogP) is -2.33. The molecule has 0 heterocycles. The maximum atomic E-state index is 13.3. The lowest BCUT2D eigenvalue weighted by Gasteiger charge is -2.16. The number of nitrogens with zero attached hydrogens (tertiary/aromatic N) is 3. The molecule has 24 nitrogen and oxygen atoms in total. The molecule has 27 heteroatoms. The van der Waals surface area contributed by atoms with Crippen molar-refractivity contribution < 1.29 is 58.9 Å². The van der Waals surface area contributed by atoms with Crippen LogP contribution >= 0.6 is 0 Å². The second kappa shape index (κ2) is 38.4. The fourth-order valence-corrected chi connectivity index (χ4v) is 10.6. The van der Waals surface area contributed by atoms with Gasteiger partial charge in [0, 0.05) is 92.3 Å². The highest BCUT2D eigenvalue weighted by Crippen LogP contribution is 2.16. The van der Waals surface area contributed by atoms with Gasteiger partial charge in [0.25, 0.3) is 0 Å². The summed E-state index contributed by atoms with van der Waals surface area (Å²) in [5.74, 6) is 15.7. The van der Waals surface area contributed by atoms with Gasteiger partial charge in [-0.15, -0.1) is 0 Å². The third kappa shape index (κ3) is 24.9. The van der Waals surface area contributed by atoms with Crippen molar-refractivity contribution in [1.29, 1.82) is 0 Å². The first-order valence-corrected chi connectivity index (χ1v) is 32.4. The fourth-order valence-electron chi connectivity index (χ4n) is 10.6. The molecule has 0 saturated carbocycles. The zero-order valence-corrected chi connectivity index (χ0v) is 57.3. The van der Waals surface area contributed by atoms with Crippen LogP contribution in [0.25, 0.3) is 0 Å². The summed E-state index contributed by atoms with van der Waals surface area (Å²) in [5, 5.41) is 76.5. The minimum atomic E-state index is -1.73. The molecule has 7 aromatic carbocycles. The van der Waals surface area contributed by atoms with Crippen molar-refractivity contribution in [3.63, 3.8) is 0 Å². The van der Waals surface area contributed by atoms with E-state index in [1.54, 1.807) is 146 Å². The Labute approximate surface area is 589 Å². The summed E-state index contributed by atoms with van der Waals surface area (Å²) in [6.45, 7) is 1.52. The van der Waals surface area contributed by atoms with E-state index in [-0.39, 0.29) is 57.6 Å². The van der Waals surface area contributed by atoms with Crippen molar-refractivity contribution in [3.05, 3.63) is 229 Å². The SMILES string of the molecule is CN(C)Cc1ccc(CNC(=O)C(N)CC(=O)NCc2ccccc2C#Cc2cc(C#Cc3ccccc3CNC(=O)CC(N)C(=O)NCc3ccc(CN(C)C)c(B(O)O)c3)cc(C#Cc3ccccc3CNC(=O)C(N)C(=O)NCc3ccc(CN(C)C)c(B(O)O)c3)c2)cc1B(O)O. The van der Waals surface area contributed by atoms with Crippen molar-refractivity contribution in [2.75, 3.05) is 42.3 Å². The van der Waals surface area contributed by atoms with Gasteiger partial charge < -0.3 is 93.9 Å². The Morgan fingerprint density at radius 3 is 0.931 bits per heavy atom. The highest BCUT2D eigenvalue weighted by Gasteiger charge is 2.25. The Morgan fingerprint density at radius 1 is 0.356 bits per heavy atom. The Balaban J connectivity index is 1.06. The molecule has 101 heavy (non-hydrogen) atoms. The molecule has 3 unspecified atom stereocenters. The lowest BCUT2D eigenvalue weighted by Crippen LogP contribution is -2.50. The highest BCUT2D eigenvalue weighted by molar-refractivity contribution is 6.60. The molecular formula is C74H85B3N12O12. The largest absolute Gasteiger partial charge is 0.488 e. The first kappa shape index (κ1) is 78.1. The van der Waals surface area contributed by atoms with Crippen LogP contribution in [0.4, 0.5) is 0 Å². The van der Waals surface area contributed by atoms with Gasteiger partial charge in [-0.05, 0) is 145 Å². The van der Waals surface area contributed by atoms with E-state index < -0.39 is 74.9 Å². The molecular weight excluding hydrogens is 1280 g/mol. The van der Waals surface area contributed by atoms with Gasteiger partial charge in [0.15, 0.2) is 6.04 Å². The number of rotatable bonds is 29. The normalized spacial score (nSPS) is 11.7. The topological polar surface area (TPSA) is 384 Å². The molecule has 0 spiro atoms. The summed E-state index contributed by atoms with van der Waals surface area (Å²) < 4.78 is 0. The van der Waals surface area contributed by atoms with Crippen LogP contribution in [0.2, 0.25) is 0 Å². The van der Waals surface area contributed by atoms with Gasteiger partial charge in [-0.1, -0.05) is 145 Å². The smallest absolute Gasteiger partial charge is 0.423 e. The molecule has 6 amide bonds. The van der Waals surface area contributed by atoms with Crippen LogP contribution in [0.3, 0.4) is 0 Å². The summed E-state index contributed by atoms with van der Waals surface area (Å²) in [4.78, 5) is 84.8. The number of hydrogen-bond acceptors (Lipinski definition) is 18. The van der Waals surface area contributed by atoms with E-state index in [0.717, 1.165) is 0 Å². The van der Waals surface area contributed by atoms with Crippen LogP contribution in [0.5, 0.6) is 0 Å². The van der Waals surface area contributed by atoms with E-state index in [4.69, 9.17) is 17.2 Å². The van der Waals surface area contributed by atoms with Gasteiger partial charge in [-0.3, -0.25) is 28.8 Å². The molecule has 0 fully saturated rings. The van der Waals surface area contributed by atoms with E-state index >= 15 is 0 Å². The molecule has 0 aliphatic carbocycles. The first-order chi connectivity index (χ1) is 48.2. The number of carbonyl (C=O) groups is 6. The fraction of sp³-hybridized carbons (Fsp3) is 0.270. The van der Waals surface area contributed by atoms with Gasteiger partial charge in [0.2, 0.25) is 35.4 Å². The second-order valence-electron chi connectivity index (χ2n) is 25.0. The molecule has 7 rings (SSSR count). The van der Waals surface area contributed by atoms with Gasteiger partial charge in [-0.2, -0.15) is 0 Å². The monoisotopic (exact) mass is 1370 g/mol. The summed E-state index contributed by atoms with van der Waals surface area (Å²) in [7, 11) is 5.97. The molecule has 0 aliphatic heterocycles. The zero-order chi connectivity index (χ0) is 73.3. The number of hydrogen-bond donors (Lipinski definition) is 15. The van der Waals surface area contributed by atoms with Crippen molar-refractivity contribution >= 4 is 73.2 Å². The summed E-state index contributed by atoms with van der Waals surface area (Å²) in [6, 6.07) is 38.2. The number of amides is 6. The van der Waals surface area contributed by atoms with Crippen molar-refractivity contribution in [1.82, 2.24) is 46.6 Å². The Hall–Kier alpha value is -10.2. The molecule has 522 valence electrons. The van der Waals surface area contributed by atoms with E-state index in [9.17, 15) is 58.9 Å². The van der Waals surface area contributed by atoms with Gasteiger partial charge in [0.05, 0.1) is 24.9 Å². The summed E-state index contributed by atoms with van der Waals surface area (Å²) in [5.41, 5.74) is 28.5. The van der Waals surface area contributed by atoms with E-state index in [0.29, 0.717) is 114 Å². The minimum Gasteiger partial charge on any atom is -0.423 e. The van der Waals surface area contributed by atoms with E-state index in [2.05, 4.69) is 67.4 Å². The van der Waals surface area contributed by atoms with E-state index in [1.165, 1.54) is 0 Å². The lowest BCUT2D eigenvalue weighted by molar-refractivity contribution is -0.131. The molecule has 3 atom stereocenters. The standard InChI is InChI=1S/C74H85B3N12O12/c1-87(2)45-60-28-22-51(34-63(60)75(96)97)39-83-71(92)66(78)37-68(90)81-42-57-16-10-7-13-54(57)25-19-48-31-49(20-26-55-14-8-11-17-58(55)43-82-69(91)38-67(79)72(93)84-40-52-23-29-61(46-88(3)4)64(35-52)76(98)99)33-50(32-48)21-27-56-15-9-12-18-59(56)44-86-74(95)70(80)73(94)85-41-53-24-30-62(47-89(5)6)65(36-53)77(100)101/h7-18,22-24,28-36,66-67,70,96-101H,37-47,78-80H2,1-6H3,(H,81,90)(H,82,91)(H,83,92)(H,84,93)(H,85,94)(H,86,95). The summed E-state index contributed by atoms with van der Waals surface area (Å²) >= 11 is 0. The quantitative estimate of drug-likeness (QED) is 0.0133. The molecule has 7 aromatic rings. The van der Waals surface area contributed by atoms with Gasteiger partial charge in [-0.25, -0.2) is 0 Å². The van der Waals surface area contributed by atoms with Crippen molar-refractivity contribution in [2.24, 2.45) is 17.2 Å². The van der Waals surface area contributed by atoms with Crippen LogP contribution in [-0.4, -0.2) is 162 Å². The van der Waals surface area contributed by atoms with Crippen LogP contribution < -0.4 is 65.5 Å². The average Bonchev–Trinajstić information content (AvgIpc) is 0.869. The zero-order valence-electron chi connectivity index (χ0n) is 57.3. The third-order valence-electron chi connectivity index (χ3n) is 15.8. The number of carbonyl (C=O) groups excluding carboxylic acids is 6. The Bertz CT molecular complexity index is 4120. The molecule has 0 bridgehead atoms. The molecule has 18 N–H and O–H groups in total. The maximum Gasteiger partial charge on any atom is 0.488 e. The van der Waals surface area contributed by atoms with Crippen molar-refractivity contribution in [3.8, 4) is 35.5 Å². The van der Waals surface area contributed by atoms with Gasteiger partial charge >= 0.3 is 21.4 Å². The lowest BCUT2D eigenvalue weighted by atomic mass is 9.76. The molecule has 0 radical (unpaired) electrons. The third-order valence-corrected chi connectivity index (χ3v) is 15.8. The molecule has 0 aliphatic rings. The molecule has 0 aromatic heterocycles. The van der Waals surface area contributed by atoms with Crippen LogP contribution in [0.1, 0.15) is 96.3 Å². The Kier molecular flexibility index (Phi) is 29.7. The van der Waals surface area contributed by atoms with Crippen LogP contribution in [0.15, 0.2) is 146 Å². The van der Waals surface area contributed by atoms with Gasteiger partial charge in [0.1, 0.15) is 0 Å². The maximum absolute atomic E-state index is 13.3. The van der Waals surface area contributed by atoms with Crippen LogP contribution in [-0.2, 0) is 87.7 Å².